The Balaban J connectivity index is 1.20. The van der Waals surface area contributed by atoms with Gasteiger partial charge in [0.1, 0.15) is 0 Å². The SMILES string of the molecule is O=C(C[C@H](CCCN1C(=O)c2ccccc2C1=O)C(=O)O)c1ccc2c(c1)CC1=C2CCCC1. The Bertz CT molecular complexity index is 1210. The molecular formula is C28H27NO5. The molecule has 34 heavy (non-hydrogen) atoms. The summed E-state index contributed by atoms with van der Waals surface area (Å²) in [5.41, 5.74) is 6.68. The number of nitrogens with zero attached hydrogens (tertiary/aromatic N) is 1. The van der Waals surface area contributed by atoms with Gasteiger partial charge in [-0.2, -0.15) is 0 Å². The van der Waals surface area contributed by atoms with E-state index in [1.807, 2.05) is 18.2 Å². The predicted molar refractivity (Wildman–Crippen MR) is 127 cm³/mol. The average Bonchev–Trinajstić information content (AvgIpc) is 3.33. The minimum Gasteiger partial charge on any atom is -0.481 e. The number of imide groups is 1. The van der Waals surface area contributed by atoms with Gasteiger partial charge in [0.05, 0.1) is 17.0 Å². The summed E-state index contributed by atoms with van der Waals surface area (Å²) in [6.45, 7) is 0.139. The van der Waals surface area contributed by atoms with Crippen LogP contribution in [0.15, 0.2) is 48.0 Å². The lowest BCUT2D eigenvalue weighted by Crippen LogP contribution is -2.31. The maximum absolute atomic E-state index is 13.0. The molecule has 2 aromatic carbocycles. The van der Waals surface area contributed by atoms with Crippen LogP contribution in [-0.2, 0) is 11.2 Å². The van der Waals surface area contributed by atoms with Crippen LogP contribution in [0.2, 0.25) is 0 Å². The number of hydrogen-bond donors (Lipinski definition) is 1. The molecule has 2 aromatic rings. The molecule has 2 aliphatic carbocycles. The number of ketones is 1. The van der Waals surface area contributed by atoms with E-state index in [2.05, 4.69) is 0 Å². The molecule has 6 heteroatoms. The van der Waals surface area contributed by atoms with Crippen molar-refractivity contribution in [2.24, 2.45) is 5.92 Å². The largest absolute Gasteiger partial charge is 0.481 e. The van der Waals surface area contributed by atoms with Crippen molar-refractivity contribution in [1.82, 2.24) is 4.90 Å². The molecule has 0 spiro atoms. The summed E-state index contributed by atoms with van der Waals surface area (Å²) in [5.74, 6) is -2.77. The third kappa shape index (κ3) is 3.98. The first-order chi connectivity index (χ1) is 16.4. The zero-order valence-corrected chi connectivity index (χ0v) is 19.0. The highest BCUT2D eigenvalue weighted by atomic mass is 16.4. The minimum atomic E-state index is -1.03. The van der Waals surface area contributed by atoms with Crippen LogP contribution in [0.4, 0.5) is 0 Å². The number of aliphatic carboxylic acids is 1. The maximum atomic E-state index is 13.0. The van der Waals surface area contributed by atoms with Gasteiger partial charge in [-0.3, -0.25) is 24.1 Å². The number of fused-ring (bicyclic) bond motifs is 3. The van der Waals surface area contributed by atoms with Crippen LogP contribution in [0.25, 0.3) is 5.57 Å². The molecule has 3 aliphatic rings. The van der Waals surface area contributed by atoms with E-state index in [4.69, 9.17) is 0 Å². The van der Waals surface area contributed by atoms with Gasteiger partial charge in [0.25, 0.3) is 11.8 Å². The first kappa shape index (κ1) is 22.3. The molecule has 6 nitrogen and oxygen atoms in total. The Labute approximate surface area is 198 Å². The second kappa shape index (κ2) is 9.01. The average molecular weight is 458 g/mol. The Kier molecular flexibility index (Phi) is 5.90. The third-order valence-corrected chi connectivity index (χ3v) is 7.33. The number of allylic oxidation sites excluding steroid dienone is 2. The normalized spacial score (nSPS) is 17.5. The second-order valence-electron chi connectivity index (χ2n) is 9.45. The summed E-state index contributed by atoms with van der Waals surface area (Å²) in [5, 5.41) is 9.70. The molecule has 1 atom stereocenters. The van der Waals surface area contributed by atoms with E-state index in [0.29, 0.717) is 23.1 Å². The summed E-state index contributed by atoms with van der Waals surface area (Å²) < 4.78 is 0. The summed E-state index contributed by atoms with van der Waals surface area (Å²) in [4.78, 5) is 51.0. The van der Waals surface area contributed by atoms with Crippen LogP contribution >= 0.6 is 0 Å². The highest BCUT2D eigenvalue weighted by Crippen LogP contribution is 2.41. The van der Waals surface area contributed by atoms with Gasteiger partial charge in [-0.25, -0.2) is 0 Å². The van der Waals surface area contributed by atoms with Gasteiger partial charge in [-0.1, -0.05) is 29.8 Å². The predicted octanol–water partition coefficient (Wildman–Crippen LogP) is 4.92. The number of carboxylic acids is 1. The fourth-order valence-electron chi connectivity index (χ4n) is 5.52. The van der Waals surface area contributed by atoms with Crippen molar-refractivity contribution < 1.29 is 24.3 Å². The molecule has 0 fully saturated rings. The lowest BCUT2D eigenvalue weighted by Gasteiger charge is -2.16. The molecule has 2 amide bonds. The molecule has 1 heterocycles. The lowest BCUT2D eigenvalue weighted by atomic mass is 9.91. The van der Waals surface area contributed by atoms with Gasteiger partial charge < -0.3 is 5.11 Å². The summed E-state index contributed by atoms with van der Waals surface area (Å²) in [6.07, 6.45) is 6.01. The van der Waals surface area contributed by atoms with Crippen LogP contribution in [0, 0.1) is 5.92 Å². The molecular weight excluding hydrogens is 430 g/mol. The van der Waals surface area contributed by atoms with Crippen LogP contribution < -0.4 is 0 Å². The van der Waals surface area contributed by atoms with Crippen LogP contribution in [-0.4, -0.2) is 40.1 Å². The topological polar surface area (TPSA) is 91.8 Å². The highest BCUT2D eigenvalue weighted by Gasteiger charge is 2.35. The standard InChI is InChI=1S/C28H27NO5/c30-25(18-11-12-22-20(15-18)14-17-6-1-2-8-21(17)22)16-19(28(33)34)7-5-13-29-26(31)23-9-3-4-10-24(23)27(29)32/h3-4,9-12,15,19H,1-2,5-8,13-14,16H2,(H,33,34)/t19-/m0/s1. The van der Waals surface area contributed by atoms with Crippen LogP contribution in [0.3, 0.4) is 0 Å². The van der Waals surface area contributed by atoms with E-state index >= 15 is 0 Å². The Hall–Kier alpha value is -3.54. The molecule has 0 saturated heterocycles. The first-order valence-corrected chi connectivity index (χ1v) is 12.0. The maximum Gasteiger partial charge on any atom is 0.306 e. The van der Waals surface area contributed by atoms with Crippen LogP contribution in [0.1, 0.15) is 87.1 Å². The molecule has 0 bridgehead atoms. The molecule has 0 unspecified atom stereocenters. The van der Waals surface area contributed by atoms with Gasteiger partial charge in [0.2, 0.25) is 0 Å². The van der Waals surface area contributed by atoms with Gasteiger partial charge in [-0.15, -0.1) is 0 Å². The van der Waals surface area contributed by atoms with Crippen molar-refractivity contribution in [3.05, 3.63) is 75.9 Å². The smallest absolute Gasteiger partial charge is 0.306 e. The molecule has 1 aliphatic heterocycles. The monoisotopic (exact) mass is 457 g/mol. The highest BCUT2D eigenvalue weighted by molar-refractivity contribution is 6.21. The number of carbonyl (C=O) groups excluding carboxylic acids is 3. The molecule has 0 aromatic heterocycles. The zero-order chi connectivity index (χ0) is 23.8. The molecule has 1 N–H and O–H groups in total. The summed E-state index contributed by atoms with van der Waals surface area (Å²) >= 11 is 0. The number of benzene rings is 2. The zero-order valence-electron chi connectivity index (χ0n) is 19.0. The number of hydrogen-bond acceptors (Lipinski definition) is 4. The van der Waals surface area contributed by atoms with E-state index in [1.54, 1.807) is 24.3 Å². The van der Waals surface area contributed by atoms with E-state index in [1.165, 1.54) is 40.0 Å². The number of carbonyl (C=O) groups is 4. The minimum absolute atomic E-state index is 0.0939. The Morgan fingerprint density at radius 3 is 2.35 bits per heavy atom. The van der Waals surface area contributed by atoms with Gasteiger partial charge in [0, 0.05) is 18.5 Å². The molecule has 0 saturated carbocycles. The number of amides is 2. The molecule has 174 valence electrons. The molecule has 0 radical (unpaired) electrons. The lowest BCUT2D eigenvalue weighted by molar-refractivity contribution is -0.141. The Morgan fingerprint density at radius 1 is 0.941 bits per heavy atom. The van der Waals surface area contributed by atoms with E-state index in [-0.39, 0.29) is 37.0 Å². The third-order valence-electron chi connectivity index (χ3n) is 7.33. The van der Waals surface area contributed by atoms with Crippen LogP contribution in [0.5, 0.6) is 0 Å². The first-order valence-electron chi connectivity index (χ1n) is 12.0. The number of rotatable bonds is 8. The van der Waals surface area contributed by atoms with Crippen molar-refractivity contribution in [3.63, 3.8) is 0 Å². The van der Waals surface area contributed by atoms with Crippen molar-refractivity contribution >= 4 is 29.1 Å². The second-order valence-corrected chi connectivity index (χ2v) is 9.45. The number of Topliss-reactive ketones (excluding diaryl/α,β-unsaturated/α-hetero) is 1. The summed E-state index contributed by atoms with van der Waals surface area (Å²) in [6, 6.07) is 12.5. The fourth-order valence-corrected chi connectivity index (χ4v) is 5.52. The van der Waals surface area contributed by atoms with Gasteiger partial charge in [0.15, 0.2) is 5.78 Å². The van der Waals surface area contributed by atoms with Gasteiger partial charge in [-0.05, 0) is 79.8 Å². The van der Waals surface area contributed by atoms with Crippen molar-refractivity contribution in [1.29, 1.82) is 0 Å². The number of carboxylic acid groups (broad SMARTS) is 1. The Morgan fingerprint density at radius 2 is 1.65 bits per heavy atom. The quantitative estimate of drug-likeness (QED) is 0.449. The molecule has 5 rings (SSSR count). The summed E-state index contributed by atoms with van der Waals surface area (Å²) in [7, 11) is 0. The van der Waals surface area contributed by atoms with E-state index in [0.717, 1.165) is 19.3 Å². The fraction of sp³-hybridized carbons (Fsp3) is 0.357. The van der Waals surface area contributed by atoms with Crippen molar-refractivity contribution in [2.75, 3.05) is 6.54 Å². The van der Waals surface area contributed by atoms with E-state index in [9.17, 15) is 24.3 Å². The van der Waals surface area contributed by atoms with Crippen molar-refractivity contribution in [2.45, 2.75) is 51.4 Å². The van der Waals surface area contributed by atoms with Gasteiger partial charge >= 0.3 is 5.97 Å². The van der Waals surface area contributed by atoms with Crippen molar-refractivity contribution in [3.8, 4) is 0 Å². The van der Waals surface area contributed by atoms with E-state index < -0.39 is 11.9 Å².